The maximum atomic E-state index is 12.6. The van der Waals surface area contributed by atoms with Crippen LogP contribution < -0.4 is 15.4 Å². The monoisotopic (exact) mass is 381 g/mol. The molecule has 26 heavy (non-hydrogen) atoms. The molecule has 1 heterocycles. The molecular weight excluding hydrogens is 354 g/mol. The zero-order valence-electron chi connectivity index (χ0n) is 15.4. The number of halogens is 1. The summed E-state index contributed by atoms with van der Waals surface area (Å²) in [6.45, 7) is 6.75. The summed E-state index contributed by atoms with van der Waals surface area (Å²) in [5.41, 5.74) is 0.506. The van der Waals surface area contributed by atoms with Crippen LogP contribution in [0.4, 0.5) is 10.5 Å². The van der Waals surface area contributed by atoms with Gasteiger partial charge in [-0.3, -0.25) is 4.90 Å². The van der Waals surface area contributed by atoms with Crippen LogP contribution in [0.3, 0.4) is 0 Å². The minimum Gasteiger partial charge on any atom is -0.492 e. The Morgan fingerprint density at radius 1 is 1.31 bits per heavy atom. The average Bonchev–Trinajstić information content (AvgIpc) is 3.06. The number of morpholine rings is 1. The number of carbonyl (C=O) groups is 1. The van der Waals surface area contributed by atoms with Gasteiger partial charge in [0.05, 0.1) is 30.4 Å². The Bertz CT molecular complexity index is 614. The summed E-state index contributed by atoms with van der Waals surface area (Å²) >= 11 is 6.20. The van der Waals surface area contributed by atoms with Crippen molar-refractivity contribution in [3.05, 3.63) is 23.2 Å². The summed E-state index contributed by atoms with van der Waals surface area (Å²) in [4.78, 5) is 15.0. The van der Waals surface area contributed by atoms with Crippen molar-refractivity contribution in [1.82, 2.24) is 10.2 Å². The summed E-state index contributed by atoms with van der Waals surface area (Å²) in [5, 5.41) is 6.64. The first-order chi connectivity index (χ1) is 12.6. The zero-order valence-corrected chi connectivity index (χ0v) is 16.1. The quantitative estimate of drug-likeness (QED) is 0.791. The van der Waals surface area contributed by atoms with Crippen LogP contribution in [0.25, 0.3) is 0 Å². The number of urea groups is 1. The van der Waals surface area contributed by atoms with Gasteiger partial charge in [0, 0.05) is 25.3 Å². The number of rotatable bonds is 6. The molecule has 1 saturated carbocycles. The maximum absolute atomic E-state index is 12.6. The normalized spacial score (nSPS) is 19.9. The molecule has 2 N–H and O–H groups in total. The lowest BCUT2D eigenvalue weighted by Gasteiger charge is -2.37. The van der Waals surface area contributed by atoms with E-state index in [2.05, 4.69) is 15.5 Å². The Balaban J connectivity index is 1.60. The highest BCUT2D eigenvalue weighted by atomic mass is 35.5. The Morgan fingerprint density at radius 2 is 2.04 bits per heavy atom. The van der Waals surface area contributed by atoms with Gasteiger partial charge in [0.1, 0.15) is 5.75 Å². The second-order valence-electron chi connectivity index (χ2n) is 7.03. The molecule has 0 radical (unpaired) electrons. The first-order valence-electron chi connectivity index (χ1n) is 9.42. The van der Waals surface area contributed by atoms with Gasteiger partial charge in [-0.15, -0.1) is 0 Å². The number of benzene rings is 1. The smallest absolute Gasteiger partial charge is 0.319 e. The molecule has 144 valence electrons. The van der Waals surface area contributed by atoms with Gasteiger partial charge in [-0.2, -0.15) is 0 Å². The fraction of sp³-hybridized carbons (Fsp3) is 0.632. The first kappa shape index (κ1) is 19.3. The number of carbonyl (C=O) groups excluding carboxylic acids is 1. The Hall–Kier alpha value is -1.50. The number of nitrogens with one attached hydrogen (secondary N) is 2. The molecule has 1 saturated heterocycles. The van der Waals surface area contributed by atoms with Crippen LogP contribution in [0.5, 0.6) is 5.75 Å². The van der Waals surface area contributed by atoms with E-state index < -0.39 is 0 Å². The number of anilines is 1. The second kappa shape index (κ2) is 8.93. The van der Waals surface area contributed by atoms with E-state index in [0.29, 0.717) is 23.1 Å². The number of hydrogen-bond donors (Lipinski definition) is 2. The molecule has 7 heteroatoms. The molecule has 3 rings (SSSR count). The third-order valence-corrected chi connectivity index (χ3v) is 5.35. The lowest BCUT2D eigenvalue weighted by molar-refractivity contribution is 0.0254. The average molecular weight is 382 g/mol. The van der Waals surface area contributed by atoms with Gasteiger partial charge in [-0.1, -0.05) is 24.4 Å². The SMILES string of the molecule is CCOc1ccc(NC(=O)NC2(CN3CCOCC3)CCCC2)cc1Cl. The van der Waals surface area contributed by atoms with Crippen LogP contribution >= 0.6 is 11.6 Å². The largest absolute Gasteiger partial charge is 0.492 e. The first-order valence-corrected chi connectivity index (χ1v) is 9.80. The number of ether oxygens (including phenoxy) is 2. The molecule has 0 unspecified atom stereocenters. The van der Waals surface area contributed by atoms with Gasteiger partial charge in [0.2, 0.25) is 0 Å². The zero-order chi connectivity index (χ0) is 18.4. The highest BCUT2D eigenvalue weighted by Gasteiger charge is 2.37. The van der Waals surface area contributed by atoms with Crippen molar-refractivity contribution >= 4 is 23.3 Å². The van der Waals surface area contributed by atoms with Crippen LogP contribution in [-0.4, -0.2) is 55.9 Å². The molecular formula is C19H28ClN3O3. The Labute approximate surface area is 160 Å². The lowest BCUT2D eigenvalue weighted by atomic mass is 9.96. The molecule has 0 spiro atoms. The van der Waals surface area contributed by atoms with Gasteiger partial charge < -0.3 is 20.1 Å². The summed E-state index contributed by atoms with van der Waals surface area (Å²) in [5.74, 6) is 0.625. The molecule has 1 aromatic rings. The molecule has 6 nitrogen and oxygen atoms in total. The van der Waals surface area contributed by atoms with E-state index in [1.54, 1.807) is 18.2 Å². The molecule has 2 fully saturated rings. The number of nitrogens with zero attached hydrogens (tertiary/aromatic N) is 1. The molecule has 1 aliphatic heterocycles. The van der Waals surface area contributed by atoms with Crippen LogP contribution in [0.2, 0.25) is 5.02 Å². The molecule has 2 amide bonds. The lowest BCUT2D eigenvalue weighted by Crippen LogP contribution is -2.56. The molecule has 1 aromatic carbocycles. The minimum absolute atomic E-state index is 0.156. The van der Waals surface area contributed by atoms with Gasteiger partial charge in [0.15, 0.2) is 0 Å². The van der Waals surface area contributed by atoms with Crippen molar-refractivity contribution in [2.24, 2.45) is 0 Å². The maximum Gasteiger partial charge on any atom is 0.319 e. The topological polar surface area (TPSA) is 62.8 Å². The standard InChI is InChI=1S/C19H28ClN3O3/c1-2-26-17-6-5-15(13-16(17)20)21-18(24)22-19(7-3-4-8-19)14-23-9-11-25-12-10-23/h5-6,13H,2-4,7-12,14H2,1H3,(H2,21,22,24). The third kappa shape index (κ3) is 5.02. The van der Waals surface area contributed by atoms with E-state index in [1.165, 1.54) is 0 Å². The molecule has 1 aliphatic carbocycles. The highest BCUT2D eigenvalue weighted by molar-refractivity contribution is 6.32. The van der Waals surface area contributed by atoms with E-state index >= 15 is 0 Å². The van der Waals surface area contributed by atoms with Crippen LogP contribution in [0.1, 0.15) is 32.6 Å². The van der Waals surface area contributed by atoms with Crippen LogP contribution in [-0.2, 0) is 4.74 Å². The van der Waals surface area contributed by atoms with E-state index in [1.807, 2.05) is 6.92 Å². The van der Waals surface area contributed by atoms with E-state index in [-0.39, 0.29) is 11.6 Å². The third-order valence-electron chi connectivity index (χ3n) is 5.06. The van der Waals surface area contributed by atoms with Crippen molar-refractivity contribution in [3.63, 3.8) is 0 Å². The Kier molecular flexibility index (Phi) is 6.62. The van der Waals surface area contributed by atoms with Crippen molar-refractivity contribution in [2.45, 2.75) is 38.1 Å². The van der Waals surface area contributed by atoms with Crippen molar-refractivity contribution in [3.8, 4) is 5.75 Å². The number of amides is 2. The van der Waals surface area contributed by atoms with Crippen molar-refractivity contribution < 1.29 is 14.3 Å². The van der Waals surface area contributed by atoms with Gasteiger partial charge in [0.25, 0.3) is 0 Å². The highest BCUT2D eigenvalue weighted by Crippen LogP contribution is 2.31. The predicted molar refractivity (Wildman–Crippen MR) is 103 cm³/mol. The molecule has 0 bridgehead atoms. The summed E-state index contributed by atoms with van der Waals surface area (Å²) in [6.07, 6.45) is 4.34. The van der Waals surface area contributed by atoms with E-state index in [4.69, 9.17) is 21.1 Å². The minimum atomic E-state index is -0.180. The summed E-state index contributed by atoms with van der Waals surface area (Å²) in [6, 6.07) is 5.12. The Morgan fingerprint density at radius 3 is 2.69 bits per heavy atom. The summed E-state index contributed by atoms with van der Waals surface area (Å²) < 4.78 is 10.9. The van der Waals surface area contributed by atoms with E-state index in [0.717, 1.165) is 58.5 Å². The summed E-state index contributed by atoms with van der Waals surface area (Å²) in [7, 11) is 0. The van der Waals surface area contributed by atoms with Crippen molar-refractivity contribution in [2.75, 3.05) is 44.8 Å². The fourth-order valence-corrected chi connectivity index (χ4v) is 4.05. The second-order valence-corrected chi connectivity index (χ2v) is 7.44. The fourth-order valence-electron chi connectivity index (χ4n) is 3.82. The number of hydrogen-bond acceptors (Lipinski definition) is 4. The van der Waals surface area contributed by atoms with Crippen LogP contribution in [0, 0.1) is 0 Å². The van der Waals surface area contributed by atoms with Gasteiger partial charge in [-0.25, -0.2) is 4.79 Å². The van der Waals surface area contributed by atoms with Crippen molar-refractivity contribution in [1.29, 1.82) is 0 Å². The van der Waals surface area contributed by atoms with Gasteiger partial charge >= 0.3 is 6.03 Å². The van der Waals surface area contributed by atoms with Gasteiger partial charge in [-0.05, 0) is 38.0 Å². The molecule has 0 atom stereocenters. The van der Waals surface area contributed by atoms with Crippen LogP contribution in [0.15, 0.2) is 18.2 Å². The predicted octanol–water partition coefficient (Wildman–Crippen LogP) is 3.51. The molecule has 0 aromatic heterocycles. The van der Waals surface area contributed by atoms with E-state index in [9.17, 15) is 4.79 Å². The molecule has 2 aliphatic rings.